The summed E-state index contributed by atoms with van der Waals surface area (Å²) in [5.74, 6) is -3.09. The average molecular weight is 1040 g/mol. The van der Waals surface area contributed by atoms with Crippen molar-refractivity contribution in [3.05, 3.63) is 12.2 Å². The number of esters is 3. The molecule has 0 aromatic carbocycles. The summed E-state index contributed by atoms with van der Waals surface area (Å²) in [4.78, 5) is 51.1. The number of carboxylic acid groups (broad SMARTS) is 1. The summed E-state index contributed by atoms with van der Waals surface area (Å²) >= 11 is 0. The number of carbonyl (C=O) groups excluding carboxylic acids is 3. The van der Waals surface area contributed by atoms with E-state index in [1.807, 2.05) is 0 Å². The van der Waals surface area contributed by atoms with Crippen molar-refractivity contribution in [1.82, 2.24) is 0 Å². The second-order valence-corrected chi connectivity index (χ2v) is 21.4. The highest BCUT2D eigenvalue weighted by atomic mass is 16.7. The fraction of sp³-hybridized carbons (Fsp3) is 0.902. The van der Waals surface area contributed by atoms with E-state index >= 15 is 0 Å². The maximum Gasteiger partial charge on any atom is 0.335 e. The Morgan fingerprint density at radius 2 is 0.781 bits per heavy atom. The van der Waals surface area contributed by atoms with E-state index < -0.39 is 67.3 Å². The van der Waals surface area contributed by atoms with Crippen molar-refractivity contribution in [2.75, 3.05) is 13.2 Å². The molecule has 1 heterocycles. The van der Waals surface area contributed by atoms with Gasteiger partial charge in [-0.15, -0.1) is 0 Å². The number of hydrogen-bond acceptors (Lipinski definition) is 11. The first-order chi connectivity index (χ1) is 35.6. The van der Waals surface area contributed by atoms with Gasteiger partial charge in [0.05, 0.1) is 6.61 Å². The van der Waals surface area contributed by atoms with Gasteiger partial charge in [-0.3, -0.25) is 14.4 Å². The van der Waals surface area contributed by atoms with Gasteiger partial charge in [0.25, 0.3) is 0 Å². The first kappa shape index (κ1) is 68.5. The van der Waals surface area contributed by atoms with E-state index in [1.54, 1.807) is 0 Å². The lowest BCUT2D eigenvalue weighted by molar-refractivity contribution is -0.301. The Labute approximate surface area is 446 Å². The van der Waals surface area contributed by atoms with Crippen molar-refractivity contribution in [2.45, 2.75) is 340 Å². The third kappa shape index (κ3) is 40.4. The van der Waals surface area contributed by atoms with Crippen LogP contribution in [0.5, 0.6) is 0 Å². The first-order valence-corrected chi connectivity index (χ1v) is 30.7. The van der Waals surface area contributed by atoms with Crippen LogP contribution in [0.1, 0.15) is 303 Å². The van der Waals surface area contributed by atoms with Gasteiger partial charge >= 0.3 is 23.9 Å². The molecule has 0 saturated carbocycles. The number of aliphatic carboxylic acids is 1. The number of ether oxygens (including phenoxy) is 5. The zero-order valence-electron chi connectivity index (χ0n) is 47.2. The minimum atomic E-state index is -1.90. The van der Waals surface area contributed by atoms with Crippen molar-refractivity contribution < 1.29 is 58.2 Å². The normalized spacial score (nSPS) is 18.3. The number of rotatable bonds is 53. The van der Waals surface area contributed by atoms with Crippen LogP contribution in [0, 0.1) is 0 Å². The fourth-order valence-electron chi connectivity index (χ4n) is 9.60. The monoisotopic (exact) mass is 1040 g/mol. The van der Waals surface area contributed by atoms with Gasteiger partial charge in [0, 0.05) is 19.3 Å². The molecular formula is C61H112O12. The van der Waals surface area contributed by atoms with E-state index in [1.165, 1.54) is 167 Å². The minimum Gasteiger partial charge on any atom is -0.479 e. The lowest BCUT2D eigenvalue weighted by Crippen LogP contribution is -2.61. The standard InChI is InChI=1S/C61H112O12/c1-4-7-10-13-16-19-22-25-26-27-28-31-32-35-38-41-44-47-53(62)69-50-52(71-54(63)48-45-42-39-36-33-29-23-20-17-14-11-8-5-2)51-70-61-59(57(66)56(65)58(73-61)60(67)68)72-55(64)49-46-43-40-37-34-30-24-21-18-15-12-9-6-3/h21,24,52,56-59,61,65-66H,4-20,22-23,25-51H2,1-3H3,(H,67,68)/b24-21-. The van der Waals surface area contributed by atoms with Crippen molar-refractivity contribution in [2.24, 2.45) is 0 Å². The number of allylic oxidation sites excluding steroid dienone is 2. The fourth-order valence-corrected chi connectivity index (χ4v) is 9.60. The quantitative estimate of drug-likeness (QED) is 0.0228. The van der Waals surface area contributed by atoms with Crippen LogP contribution in [-0.4, -0.2) is 89.2 Å². The molecule has 1 aliphatic rings. The molecule has 428 valence electrons. The molecule has 0 radical (unpaired) electrons. The van der Waals surface area contributed by atoms with E-state index in [-0.39, 0.29) is 25.9 Å². The highest BCUT2D eigenvalue weighted by Crippen LogP contribution is 2.27. The predicted molar refractivity (Wildman–Crippen MR) is 294 cm³/mol. The molecule has 1 fully saturated rings. The minimum absolute atomic E-state index is 0.0564. The van der Waals surface area contributed by atoms with Crippen molar-refractivity contribution >= 4 is 23.9 Å². The van der Waals surface area contributed by atoms with Crippen LogP contribution in [0.4, 0.5) is 0 Å². The van der Waals surface area contributed by atoms with Crippen molar-refractivity contribution in [1.29, 1.82) is 0 Å². The lowest BCUT2D eigenvalue weighted by atomic mass is 9.98. The highest BCUT2D eigenvalue weighted by molar-refractivity contribution is 5.74. The number of aliphatic hydroxyl groups excluding tert-OH is 2. The van der Waals surface area contributed by atoms with Gasteiger partial charge in [-0.25, -0.2) is 4.79 Å². The molecule has 12 nitrogen and oxygen atoms in total. The number of carbonyl (C=O) groups is 4. The molecule has 0 aromatic heterocycles. The molecule has 3 N–H and O–H groups in total. The van der Waals surface area contributed by atoms with Gasteiger partial charge in [0.2, 0.25) is 0 Å². The van der Waals surface area contributed by atoms with Gasteiger partial charge in [-0.2, -0.15) is 0 Å². The van der Waals surface area contributed by atoms with Crippen LogP contribution in [0.25, 0.3) is 0 Å². The number of aliphatic hydroxyl groups is 2. The topological polar surface area (TPSA) is 175 Å². The van der Waals surface area contributed by atoms with Crippen molar-refractivity contribution in [3.8, 4) is 0 Å². The van der Waals surface area contributed by atoms with Crippen molar-refractivity contribution in [3.63, 3.8) is 0 Å². The van der Waals surface area contributed by atoms with Gasteiger partial charge in [-0.05, 0) is 44.9 Å². The molecule has 0 aromatic rings. The van der Waals surface area contributed by atoms with Crippen LogP contribution in [-0.2, 0) is 42.9 Å². The summed E-state index contributed by atoms with van der Waals surface area (Å²) in [6.45, 7) is 6.01. The second-order valence-electron chi connectivity index (χ2n) is 21.4. The van der Waals surface area contributed by atoms with E-state index in [0.717, 1.165) is 77.0 Å². The second kappa shape index (κ2) is 50.3. The molecule has 73 heavy (non-hydrogen) atoms. The smallest absolute Gasteiger partial charge is 0.335 e. The Morgan fingerprint density at radius 3 is 1.18 bits per heavy atom. The molecular weight excluding hydrogens is 925 g/mol. The Balaban J connectivity index is 2.65. The maximum atomic E-state index is 13.1. The van der Waals surface area contributed by atoms with Crippen LogP contribution < -0.4 is 0 Å². The van der Waals surface area contributed by atoms with E-state index in [9.17, 15) is 34.5 Å². The van der Waals surface area contributed by atoms with Gasteiger partial charge in [-0.1, -0.05) is 251 Å². The van der Waals surface area contributed by atoms with E-state index in [4.69, 9.17) is 23.7 Å². The summed E-state index contributed by atoms with van der Waals surface area (Å²) in [5.41, 5.74) is 0. The number of hydrogen-bond donors (Lipinski definition) is 3. The molecule has 0 aliphatic carbocycles. The third-order valence-corrected chi connectivity index (χ3v) is 14.3. The Kier molecular flexibility index (Phi) is 47.2. The van der Waals surface area contributed by atoms with Crippen LogP contribution in [0.3, 0.4) is 0 Å². The predicted octanol–water partition coefficient (Wildman–Crippen LogP) is 15.7. The van der Waals surface area contributed by atoms with E-state index in [0.29, 0.717) is 19.3 Å². The summed E-state index contributed by atoms with van der Waals surface area (Å²) in [5, 5.41) is 31.5. The zero-order valence-corrected chi connectivity index (χ0v) is 47.2. The Morgan fingerprint density at radius 1 is 0.438 bits per heavy atom. The average Bonchev–Trinajstić information content (AvgIpc) is 3.37. The van der Waals surface area contributed by atoms with Crippen LogP contribution in [0.15, 0.2) is 12.2 Å². The zero-order chi connectivity index (χ0) is 53.3. The number of unbranched alkanes of at least 4 members (excludes halogenated alkanes) is 37. The molecule has 0 bridgehead atoms. The lowest BCUT2D eigenvalue weighted by Gasteiger charge is -2.40. The first-order valence-electron chi connectivity index (χ1n) is 30.7. The van der Waals surface area contributed by atoms with E-state index in [2.05, 4.69) is 32.9 Å². The van der Waals surface area contributed by atoms with Crippen LogP contribution in [0.2, 0.25) is 0 Å². The Hall–Kier alpha value is -2.54. The molecule has 1 rings (SSSR count). The molecule has 1 aliphatic heterocycles. The van der Waals surface area contributed by atoms with Crippen LogP contribution >= 0.6 is 0 Å². The Bertz CT molecular complexity index is 1320. The largest absolute Gasteiger partial charge is 0.479 e. The number of carboxylic acids is 1. The highest BCUT2D eigenvalue weighted by Gasteiger charge is 2.50. The molecule has 0 amide bonds. The maximum absolute atomic E-state index is 13.1. The molecule has 12 heteroatoms. The van der Waals surface area contributed by atoms with Gasteiger partial charge < -0.3 is 39.0 Å². The molecule has 6 unspecified atom stereocenters. The van der Waals surface area contributed by atoms with Gasteiger partial charge in [0.15, 0.2) is 24.6 Å². The summed E-state index contributed by atoms with van der Waals surface area (Å²) in [6, 6.07) is 0. The SMILES string of the molecule is CCCCCC/C=C\CCCCCCCC(=O)OC1C(OCC(COC(=O)CCCCCCCCCCCCCCCCCCC)OC(=O)CCCCCCCCCCCCCCC)OC(C(=O)O)C(O)C1O. The summed E-state index contributed by atoms with van der Waals surface area (Å²) in [6.07, 6.45) is 43.2. The molecule has 0 spiro atoms. The molecule has 6 atom stereocenters. The molecule has 1 saturated heterocycles. The van der Waals surface area contributed by atoms with Gasteiger partial charge in [0.1, 0.15) is 18.8 Å². The summed E-state index contributed by atoms with van der Waals surface area (Å²) < 4.78 is 28.5. The summed E-state index contributed by atoms with van der Waals surface area (Å²) in [7, 11) is 0. The third-order valence-electron chi connectivity index (χ3n) is 14.3.